The van der Waals surface area contributed by atoms with E-state index < -0.39 is 5.91 Å². The molecule has 162 valence electrons. The van der Waals surface area contributed by atoms with Crippen molar-refractivity contribution in [3.63, 3.8) is 0 Å². The molecule has 3 aromatic rings. The molecule has 0 saturated carbocycles. The van der Waals surface area contributed by atoms with Crippen molar-refractivity contribution < 1.29 is 9.59 Å². The monoisotopic (exact) mass is 420 g/mol. The highest BCUT2D eigenvalue weighted by Crippen LogP contribution is 2.17. The van der Waals surface area contributed by atoms with Gasteiger partial charge in [-0.3, -0.25) is 14.4 Å². The smallest absolute Gasteiger partial charge is 0.275 e. The number of aryl methyl sites for hydroxylation is 1. The van der Waals surface area contributed by atoms with Crippen molar-refractivity contribution in [2.75, 3.05) is 18.9 Å². The van der Waals surface area contributed by atoms with Crippen LogP contribution in [0.3, 0.4) is 0 Å². The quantitative estimate of drug-likeness (QED) is 0.635. The third kappa shape index (κ3) is 4.99. The van der Waals surface area contributed by atoms with E-state index in [1.165, 1.54) is 9.58 Å². The fourth-order valence-electron chi connectivity index (χ4n) is 3.47. The van der Waals surface area contributed by atoms with Gasteiger partial charge in [0.15, 0.2) is 5.69 Å². The van der Waals surface area contributed by atoms with Crippen molar-refractivity contribution in [2.45, 2.75) is 33.7 Å². The number of para-hydroxylation sites is 1. The van der Waals surface area contributed by atoms with Crippen molar-refractivity contribution in [1.82, 2.24) is 14.7 Å². The van der Waals surface area contributed by atoms with Crippen molar-refractivity contribution in [2.24, 2.45) is 5.92 Å². The molecule has 7 nitrogen and oxygen atoms in total. The molecule has 1 N–H and O–H groups in total. The minimum absolute atomic E-state index is 0.129. The van der Waals surface area contributed by atoms with Gasteiger partial charge in [-0.15, -0.1) is 0 Å². The van der Waals surface area contributed by atoms with Gasteiger partial charge in [0.1, 0.15) is 0 Å². The van der Waals surface area contributed by atoms with Gasteiger partial charge in [-0.05, 0) is 30.0 Å². The van der Waals surface area contributed by atoms with Crippen LogP contribution in [-0.2, 0) is 17.8 Å². The van der Waals surface area contributed by atoms with Crippen LogP contribution in [0.5, 0.6) is 0 Å². The number of likely N-dealkylation sites (N-methyl/N-ethyl adjacent to an activating group) is 1. The lowest BCUT2D eigenvalue weighted by Gasteiger charge is -2.19. The molecule has 0 aliphatic carbocycles. The molecule has 0 atom stereocenters. The van der Waals surface area contributed by atoms with Crippen molar-refractivity contribution in [3.8, 4) is 0 Å². The summed E-state index contributed by atoms with van der Waals surface area (Å²) in [4.78, 5) is 39.8. The number of hydrogen-bond acceptors (Lipinski definition) is 4. The molecular formula is C24H28N4O3. The minimum atomic E-state index is -0.410. The van der Waals surface area contributed by atoms with Crippen LogP contribution in [0.4, 0.5) is 5.69 Å². The van der Waals surface area contributed by atoms with Gasteiger partial charge >= 0.3 is 0 Å². The highest BCUT2D eigenvalue weighted by Gasteiger charge is 2.22. The summed E-state index contributed by atoms with van der Waals surface area (Å²) in [5.41, 5.74) is 1.71. The first kappa shape index (κ1) is 22.2. The number of carbonyl (C=O) groups is 2. The van der Waals surface area contributed by atoms with Crippen LogP contribution in [0, 0.1) is 5.92 Å². The second kappa shape index (κ2) is 9.55. The Bertz CT molecular complexity index is 1170. The van der Waals surface area contributed by atoms with Crippen LogP contribution in [0.15, 0.2) is 53.3 Å². The molecule has 0 bridgehead atoms. The summed E-state index contributed by atoms with van der Waals surface area (Å²) in [6.07, 6.45) is 0.790. The number of benzene rings is 2. The maximum atomic E-state index is 13.2. The van der Waals surface area contributed by atoms with Gasteiger partial charge in [0.2, 0.25) is 5.91 Å². The molecule has 0 fully saturated rings. The fraction of sp³-hybridized carbons (Fsp3) is 0.333. The molecule has 0 aliphatic heterocycles. The van der Waals surface area contributed by atoms with Crippen LogP contribution in [0.25, 0.3) is 10.8 Å². The SMILES string of the molecule is CCc1ccccc1NC(=O)CN(C)C(=O)c1nn(CC(C)C)c(=O)c2ccccc12. The zero-order chi connectivity index (χ0) is 22.5. The largest absolute Gasteiger partial charge is 0.331 e. The molecular weight excluding hydrogens is 392 g/mol. The predicted octanol–water partition coefficient (Wildman–Crippen LogP) is 3.33. The average molecular weight is 421 g/mol. The molecule has 2 aromatic carbocycles. The van der Waals surface area contributed by atoms with Crippen molar-refractivity contribution in [3.05, 3.63) is 70.1 Å². The van der Waals surface area contributed by atoms with Crippen LogP contribution in [0.2, 0.25) is 0 Å². The molecule has 1 aromatic heterocycles. The van der Waals surface area contributed by atoms with E-state index in [1.807, 2.05) is 45.0 Å². The minimum Gasteiger partial charge on any atom is -0.331 e. The first-order valence-corrected chi connectivity index (χ1v) is 10.4. The topological polar surface area (TPSA) is 84.3 Å². The molecule has 3 rings (SSSR count). The highest BCUT2D eigenvalue weighted by molar-refractivity contribution is 6.06. The molecule has 0 saturated heterocycles. The number of fused-ring (bicyclic) bond motifs is 1. The van der Waals surface area contributed by atoms with E-state index in [0.717, 1.165) is 17.7 Å². The Kier molecular flexibility index (Phi) is 6.84. The zero-order valence-electron chi connectivity index (χ0n) is 18.4. The first-order valence-electron chi connectivity index (χ1n) is 10.4. The van der Waals surface area contributed by atoms with Gasteiger partial charge in [-0.25, -0.2) is 4.68 Å². The number of nitrogens with zero attached hydrogens (tertiary/aromatic N) is 3. The summed E-state index contributed by atoms with van der Waals surface area (Å²) in [5, 5.41) is 8.16. The third-order valence-corrected chi connectivity index (χ3v) is 5.01. The Hall–Kier alpha value is -3.48. The fourth-order valence-corrected chi connectivity index (χ4v) is 3.47. The molecule has 0 aliphatic rings. The van der Waals surface area contributed by atoms with Crippen LogP contribution in [-0.4, -0.2) is 40.1 Å². The Balaban J connectivity index is 1.87. The second-order valence-corrected chi connectivity index (χ2v) is 8.00. The summed E-state index contributed by atoms with van der Waals surface area (Å²) < 4.78 is 1.34. The molecule has 31 heavy (non-hydrogen) atoms. The molecule has 1 heterocycles. The highest BCUT2D eigenvalue weighted by atomic mass is 16.2. The van der Waals surface area contributed by atoms with E-state index in [1.54, 1.807) is 31.3 Å². The van der Waals surface area contributed by atoms with Gasteiger partial charge in [-0.1, -0.05) is 57.2 Å². The lowest BCUT2D eigenvalue weighted by molar-refractivity contribution is -0.116. The molecule has 0 spiro atoms. The number of nitrogens with one attached hydrogen (secondary N) is 1. The van der Waals surface area contributed by atoms with E-state index in [9.17, 15) is 14.4 Å². The molecule has 7 heteroatoms. The number of carbonyl (C=O) groups excluding carboxylic acids is 2. The number of aromatic nitrogens is 2. The van der Waals surface area contributed by atoms with E-state index >= 15 is 0 Å². The Morgan fingerprint density at radius 3 is 2.39 bits per heavy atom. The van der Waals surface area contributed by atoms with E-state index in [4.69, 9.17) is 0 Å². The van der Waals surface area contributed by atoms with Crippen LogP contribution < -0.4 is 10.9 Å². The van der Waals surface area contributed by atoms with Gasteiger partial charge in [0.05, 0.1) is 11.9 Å². The summed E-state index contributed by atoms with van der Waals surface area (Å²) in [7, 11) is 1.56. The van der Waals surface area contributed by atoms with Crippen molar-refractivity contribution >= 4 is 28.3 Å². The van der Waals surface area contributed by atoms with Crippen LogP contribution in [0.1, 0.15) is 36.8 Å². The predicted molar refractivity (Wildman–Crippen MR) is 122 cm³/mol. The molecule has 0 radical (unpaired) electrons. The number of amides is 2. The lowest BCUT2D eigenvalue weighted by atomic mass is 10.1. The van der Waals surface area contributed by atoms with Gasteiger partial charge in [-0.2, -0.15) is 5.10 Å². The summed E-state index contributed by atoms with van der Waals surface area (Å²) >= 11 is 0. The summed E-state index contributed by atoms with van der Waals surface area (Å²) in [6, 6.07) is 14.5. The Morgan fingerprint density at radius 2 is 1.71 bits per heavy atom. The first-order chi connectivity index (χ1) is 14.8. The lowest BCUT2D eigenvalue weighted by Crippen LogP contribution is -2.37. The van der Waals surface area contributed by atoms with E-state index in [-0.39, 0.29) is 29.6 Å². The van der Waals surface area contributed by atoms with Crippen LogP contribution >= 0.6 is 0 Å². The van der Waals surface area contributed by atoms with Gasteiger partial charge < -0.3 is 10.2 Å². The molecule has 0 unspecified atom stereocenters. The Labute approximate surface area is 181 Å². The van der Waals surface area contributed by atoms with Gasteiger partial charge in [0.25, 0.3) is 11.5 Å². The summed E-state index contributed by atoms with van der Waals surface area (Å²) in [5.74, 6) is -0.513. The number of anilines is 1. The number of hydrogen-bond donors (Lipinski definition) is 1. The number of rotatable bonds is 7. The normalized spacial score (nSPS) is 11.0. The van der Waals surface area contributed by atoms with E-state index in [0.29, 0.717) is 17.3 Å². The van der Waals surface area contributed by atoms with Crippen molar-refractivity contribution in [1.29, 1.82) is 0 Å². The second-order valence-electron chi connectivity index (χ2n) is 8.00. The average Bonchev–Trinajstić information content (AvgIpc) is 2.75. The Morgan fingerprint density at radius 1 is 1.06 bits per heavy atom. The maximum absolute atomic E-state index is 13.2. The van der Waals surface area contributed by atoms with E-state index in [2.05, 4.69) is 10.4 Å². The zero-order valence-corrected chi connectivity index (χ0v) is 18.4. The summed E-state index contributed by atoms with van der Waals surface area (Å²) in [6.45, 7) is 6.26. The standard InChI is InChI=1S/C24H28N4O3/c1-5-17-10-6-9-13-20(17)25-21(29)15-27(4)24(31)22-18-11-7-8-12-19(18)23(30)28(26-22)14-16(2)3/h6-13,16H,5,14-15H2,1-4H3,(H,25,29). The molecule has 2 amide bonds. The third-order valence-electron chi connectivity index (χ3n) is 5.01. The van der Waals surface area contributed by atoms with Gasteiger partial charge in [0, 0.05) is 24.7 Å². The maximum Gasteiger partial charge on any atom is 0.275 e.